The monoisotopic (exact) mass is 426 g/mol. The van der Waals surface area contributed by atoms with Gasteiger partial charge in [0.2, 0.25) is 0 Å². The second-order valence-corrected chi connectivity index (χ2v) is 9.23. The van der Waals surface area contributed by atoms with Crippen molar-refractivity contribution in [2.45, 2.75) is 65.7 Å². The summed E-state index contributed by atoms with van der Waals surface area (Å²) in [4.78, 5) is 41.6. The first-order valence-electron chi connectivity index (χ1n) is 10.9. The van der Waals surface area contributed by atoms with Crippen LogP contribution in [0.2, 0.25) is 0 Å². The van der Waals surface area contributed by atoms with E-state index in [2.05, 4.69) is 11.9 Å². The van der Waals surface area contributed by atoms with Gasteiger partial charge in [0.1, 0.15) is 5.92 Å². The van der Waals surface area contributed by atoms with E-state index in [1.165, 1.54) is 12.1 Å². The SMILES string of the molecule is CCCCCOC(=O)C1C(C)=NC2=C(C(=O)CC(C)(C)C2)[C@@H]1c1ccc([N+](=O)[O-])cc1. The number of aliphatic imine (C=N–C) groups is 1. The number of nitro benzene ring substituents is 1. The number of ether oxygens (including phenoxy) is 1. The third-order valence-electron chi connectivity index (χ3n) is 6.01. The molecule has 0 saturated heterocycles. The summed E-state index contributed by atoms with van der Waals surface area (Å²) in [7, 11) is 0. The predicted octanol–water partition coefficient (Wildman–Crippen LogP) is 5.15. The Morgan fingerprint density at radius 1 is 1.23 bits per heavy atom. The van der Waals surface area contributed by atoms with Crippen LogP contribution in [-0.4, -0.2) is 29.0 Å². The lowest BCUT2D eigenvalue weighted by Crippen LogP contribution is -2.39. The second kappa shape index (κ2) is 9.12. The summed E-state index contributed by atoms with van der Waals surface area (Å²) < 4.78 is 5.56. The van der Waals surface area contributed by atoms with E-state index >= 15 is 0 Å². The maximum Gasteiger partial charge on any atom is 0.315 e. The number of benzene rings is 1. The molecule has 0 radical (unpaired) electrons. The molecule has 0 saturated carbocycles. The maximum absolute atomic E-state index is 13.2. The highest BCUT2D eigenvalue weighted by atomic mass is 16.6. The van der Waals surface area contributed by atoms with Gasteiger partial charge in [-0.05, 0) is 30.7 Å². The summed E-state index contributed by atoms with van der Waals surface area (Å²) in [5.41, 5.74) is 2.34. The molecule has 0 spiro atoms. The Balaban J connectivity index is 2.03. The summed E-state index contributed by atoms with van der Waals surface area (Å²) in [6, 6.07) is 6.10. The maximum atomic E-state index is 13.2. The number of ketones is 1. The van der Waals surface area contributed by atoms with Gasteiger partial charge >= 0.3 is 5.97 Å². The molecule has 1 unspecified atom stereocenters. The molecule has 1 aromatic carbocycles. The number of nitro groups is 1. The van der Waals surface area contributed by atoms with Crippen molar-refractivity contribution < 1.29 is 19.2 Å². The van der Waals surface area contributed by atoms with E-state index in [-0.39, 0.29) is 16.9 Å². The minimum Gasteiger partial charge on any atom is -0.465 e. The Labute approximate surface area is 182 Å². The number of allylic oxidation sites excluding steroid dienone is 2. The smallest absolute Gasteiger partial charge is 0.315 e. The molecule has 7 nitrogen and oxygen atoms in total. The van der Waals surface area contributed by atoms with Crippen LogP contribution in [0.25, 0.3) is 0 Å². The molecule has 1 heterocycles. The molecule has 0 aromatic heterocycles. The van der Waals surface area contributed by atoms with Gasteiger partial charge in [0.05, 0.1) is 11.5 Å². The Kier molecular flexibility index (Phi) is 6.72. The standard InChI is InChI=1S/C24H30N2O5/c1-5-6-7-12-31-23(28)20-15(2)25-18-13-24(3,4)14-19(27)22(18)21(20)16-8-10-17(11-9-16)26(29)30/h8-11,20-21H,5-7,12-14H2,1-4H3/t20?,21-/m1/s1. The largest absolute Gasteiger partial charge is 0.465 e. The lowest BCUT2D eigenvalue weighted by molar-refractivity contribution is -0.384. The van der Waals surface area contributed by atoms with Crippen molar-refractivity contribution in [1.82, 2.24) is 0 Å². The van der Waals surface area contributed by atoms with E-state index in [1.807, 2.05) is 13.8 Å². The molecule has 166 valence electrons. The zero-order valence-electron chi connectivity index (χ0n) is 18.6. The number of rotatable bonds is 7. The summed E-state index contributed by atoms with van der Waals surface area (Å²) in [5, 5.41) is 11.1. The topological polar surface area (TPSA) is 98.9 Å². The number of Topliss-reactive ketones (excluding diaryl/α,β-unsaturated/α-hetero) is 1. The average Bonchev–Trinajstić information content (AvgIpc) is 2.69. The van der Waals surface area contributed by atoms with Crippen LogP contribution in [0.15, 0.2) is 40.5 Å². The first kappa shape index (κ1) is 22.8. The van der Waals surface area contributed by atoms with Gasteiger partial charge in [0, 0.05) is 41.5 Å². The number of nitrogens with zero attached hydrogens (tertiary/aromatic N) is 2. The summed E-state index contributed by atoms with van der Waals surface area (Å²) in [5.74, 6) is -1.68. The zero-order chi connectivity index (χ0) is 22.8. The molecule has 0 N–H and O–H groups in total. The third kappa shape index (κ3) is 4.92. The number of carbonyl (C=O) groups is 2. The minimum absolute atomic E-state index is 0.0189. The lowest BCUT2D eigenvalue weighted by atomic mass is 9.67. The van der Waals surface area contributed by atoms with Gasteiger partial charge in [-0.3, -0.25) is 24.7 Å². The predicted molar refractivity (Wildman–Crippen MR) is 118 cm³/mol. The van der Waals surface area contributed by atoms with Crippen LogP contribution in [0, 0.1) is 21.4 Å². The molecule has 0 bridgehead atoms. The number of esters is 1. The molecule has 1 aromatic rings. The highest BCUT2D eigenvalue weighted by molar-refractivity contribution is 6.09. The van der Waals surface area contributed by atoms with Crippen LogP contribution in [0.1, 0.15) is 71.3 Å². The number of carbonyl (C=O) groups excluding carboxylic acids is 2. The number of hydrogen-bond donors (Lipinski definition) is 0. The quantitative estimate of drug-likeness (QED) is 0.260. The van der Waals surface area contributed by atoms with Crippen LogP contribution >= 0.6 is 0 Å². The van der Waals surface area contributed by atoms with Gasteiger partial charge in [-0.25, -0.2) is 0 Å². The van der Waals surface area contributed by atoms with Gasteiger partial charge in [0.15, 0.2) is 5.78 Å². The van der Waals surface area contributed by atoms with E-state index in [0.29, 0.717) is 36.3 Å². The Hall–Kier alpha value is -2.83. The van der Waals surface area contributed by atoms with E-state index in [0.717, 1.165) is 25.0 Å². The molecule has 2 aliphatic rings. The summed E-state index contributed by atoms with van der Waals surface area (Å²) >= 11 is 0. The van der Waals surface area contributed by atoms with Crippen LogP contribution in [0.3, 0.4) is 0 Å². The van der Waals surface area contributed by atoms with Gasteiger partial charge in [-0.2, -0.15) is 0 Å². The molecule has 2 atom stereocenters. The van der Waals surface area contributed by atoms with Crippen molar-refractivity contribution in [3.05, 3.63) is 51.2 Å². The molecule has 0 fully saturated rings. The molecule has 3 rings (SSSR count). The van der Waals surface area contributed by atoms with Gasteiger partial charge in [0.25, 0.3) is 5.69 Å². The molecular weight excluding hydrogens is 396 g/mol. The number of unbranched alkanes of at least 4 members (excludes halogenated alkanes) is 2. The molecule has 7 heteroatoms. The van der Waals surface area contributed by atoms with E-state index < -0.39 is 22.7 Å². The molecule has 31 heavy (non-hydrogen) atoms. The summed E-state index contributed by atoms with van der Waals surface area (Å²) in [6.07, 6.45) is 3.80. The van der Waals surface area contributed by atoms with Crippen LogP contribution in [-0.2, 0) is 14.3 Å². The van der Waals surface area contributed by atoms with Gasteiger partial charge < -0.3 is 4.74 Å². The fourth-order valence-corrected chi connectivity index (χ4v) is 4.53. The van der Waals surface area contributed by atoms with E-state index in [1.54, 1.807) is 19.1 Å². The highest BCUT2D eigenvalue weighted by Crippen LogP contribution is 2.48. The number of hydrogen-bond acceptors (Lipinski definition) is 6. The van der Waals surface area contributed by atoms with Crippen molar-refractivity contribution in [2.75, 3.05) is 6.61 Å². The molecule has 0 amide bonds. The van der Waals surface area contributed by atoms with Crippen LogP contribution < -0.4 is 0 Å². The van der Waals surface area contributed by atoms with Crippen molar-refractivity contribution in [3.63, 3.8) is 0 Å². The van der Waals surface area contributed by atoms with Gasteiger partial charge in [-0.15, -0.1) is 0 Å². The zero-order valence-corrected chi connectivity index (χ0v) is 18.6. The molecular formula is C24H30N2O5. The minimum atomic E-state index is -0.716. The average molecular weight is 427 g/mol. The van der Waals surface area contributed by atoms with Crippen LogP contribution in [0.5, 0.6) is 0 Å². The first-order chi connectivity index (χ1) is 14.6. The Morgan fingerprint density at radius 2 is 1.90 bits per heavy atom. The fraction of sp³-hybridized carbons (Fsp3) is 0.542. The van der Waals surface area contributed by atoms with Crippen molar-refractivity contribution in [1.29, 1.82) is 0 Å². The number of non-ortho nitro benzene ring substituents is 1. The van der Waals surface area contributed by atoms with Crippen molar-refractivity contribution >= 4 is 23.2 Å². The molecule has 1 aliphatic heterocycles. The van der Waals surface area contributed by atoms with Crippen LogP contribution in [0.4, 0.5) is 5.69 Å². The first-order valence-corrected chi connectivity index (χ1v) is 10.9. The molecule has 1 aliphatic carbocycles. The fourth-order valence-electron chi connectivity index (χ4n) is 4.53. The van der Waals surface area contributed by atoms with Crippen molar-refractivity contribution in [2.24, 2.45) is 16.3 Å². The normalized spacial score (nSPS) is 22.6. The van der Waals surface area contributed by atoms with E-state index in [4.69, 9.17) is 4.74 Å². The van der Waals surface area contributed by atoms with Crippen molar-refractivity contribution in [3.8, 4) is 0 Å². The van der Waals surface area contributed by atoms with E-state index in [9.17, 15) is 19.7 Å². The van der Waals surface area contributed by atoms with Gasteiger partial charge in [-0.1, -0.05) is 45.7 Å². The Morgan fingerprint density at radius 3 is 2.52 bits per heavy atom. The highest BCUT2D eigenvalue weighted by Gasteiger charge is 2.46. The lowest BCUT2D eigenvalue weighted by Gasteiger charge is -2.39. The second-order valence-electron chi connectivity index (χ2n) is 9.23. The third-order valence-corrected chi connectivity index (χ3v) is 6.01. The Bertz CT molecular complexity index is 943. The summed E-state index contributed by atoms with van der Waals surface area (Å²) in [6.45, 7) is 8.28.